The third kappa shape index (κ3) is 2.11. The SMILES string of the molecule is COc1c(-c2nnc(Br)o2)cccc1[N+](=O)[O-]. The third-order valence-electron chi connectivity index (χ3n) is 2.03. The molecule has 7 nitrogen and oxygen atoms in total. The van der Waals surface area contributed by atoms with Gasteiger partial charge in [-0.1, -0.05) is 6.07 Å². The van der Waals surface area contributed by atoms with E-state index in [1.54, 1.807) is 6.07 Å². The Bertz CT molecular complexity index is 569. The van der Waals surface area contributed by atoms with E-state index in [1.807, 2.05) is 0 Å². The van der Waals surface area contributed by atoms with Crippen LogP contribution in [0.5, 0.6) is 5.75 Å². The molecule has 0 amide bonds. The average molecular weight is 300 g/mol. The van der Waals surface area contributed by atoms with Gasteiger partial charge in [0, 0.05) is 22.0 Å². The molecule has 0 saturated carbocycles. The Morgan fingerprint density at radius 1 is 1.47 bits per heavy atom. The van der Waals surface area contributed by atoms with Crippen molar-refractivity contribution in [2.75, 3.05) is 7.11 Å². The first-order valence-electron chi connectivity index (χ1n) is 4.44. The third-order valence-corrected chi connectivity index (χ3v) is 2.35. The first-order chi connectivity index (χ1) is 8.13. The van der Waals surface area contributed by atoms with Crippen molar-refractivity contribution in [2.24, 2.45) is 0 Å². The minimum absolute atomic E-state index is 0.0913. The number of methoxy groups -OCH3 is 1. The summed E-state index contributed by atoms with van der Waals surface area (Å²) in [4.78, 5) is 10.5. The zero-order chi connectivity index (χ0) is 12.4. The fourth-order valence-corrected chi connectivity index (χ4v) is 1.60. The number of halogens is 1. The molecule has 2 rings (SSSR count). The van der Waals surface area contributed by atoms with Gasteiger partial charge in [-0.15, -0.1) is 10.2 Å². The molecule has 0 saturated heterocycles. The molecule has 17 heavy (non-hydrogen) atoms. The molecule has 88 valence electrons. The minimum atomic E-state index is -0.534. The molecule has 2 aromatic rings. The first-order valence-corrected chi connectivity index (χ1v) is 5.23. The number of aromatic nitrogens is 2. The Hall–Kier alpha value is -1.96. The highest BCUT2D eigenvalue weighted by Gasteiger charge is 2.22. The summed E-state index contributed by atoms with van der Waals surface area (Å²) < 4.78 is 10.2. The van der Waals surface area contributed by atoms with E-state index >= 15 is 0 Å². The second kappa shape index (κ2) is 4.50. The van der Waals surface area contributed by atoms with E-state index in [9.17, 15) is 10.1 Å². The molecular weight excluding hydrogens is 294 g/mol. The number of rotatable bonds is 3. The second-order valence-corrected chi connectivity index (χ2v) is 3.65. The lowest BCUT2D eigenvalue weighted by molar-refractivity contribution is -0.385. The Morgan fingerprint density at radius 3 is 2.76 bits per heavy atom. The number of nitrogens with zero attached hydrogens (tertiary/aromatic N) is 3. The predicted molar refractivity (Wildman–Crippen MR) is 60.6 cm³/mol. The summed E-state index contributed by atoms with van der Waals surface area (Å²) >= 11 is 3.01. The number of hydrogen-bond acceptors (Lipinski definition) is 6. The van der Waals surface area contributed by atoms with Gasteiger partial charge < -0.3 is 9.15 Å². The average Bonchev–Trinajstić information content (AvgIpc) is 2.74. The molecule has 0 aliphatic rings. The summed E-state index contributed by atoms with van der Waals surface area (Å²) in [6.07, 6.45) is 0. The Labute approximate surface area is 104 Å². The monoisotopic (exact) mass is 299 g/mol. The van der Waals surface area contributed by atoms with Gasteiger partial charge in [0.2, 0.25) is 5.75 Å². The van der Waals surface area contributed by atoms with Gasteiger partial charge >= 0.3 is 5.69 Å². The molecule has 0 unspecified atom stereocenters. The van der Waals surface area contributed by atoms with E-state index in [1.165, 1.54) is 19.2 Å². The van der Waals surface area contributed by atoms with Crippen molar-refractivity contribution in [3.63, 3.8) is 0 Å². The van der Waals surface area contributed by atoms with Crippen LogP contribution in [-0.4, -0.2) is 22.2 Å². The van der Waals surface area contributed by atoms with E-state index in [-0.39, 0.29) is 22.1 Å². The Kier molecular flexibility index (Phi) is 3.05. The molecule has 0 bridgehead atoms. The van der Waals surface area contributed by atoms with Gasteiger partial charge in [-0.05, 0) is 6.07 Å². The fourth-order valence-electron chi connectivity index (χ4n) is 1.37. The second-order valence-electron chi connectivity index (χ2n) is 2.98. The van der Waals surface area contributed by atoms with Gasteiger partial charge in [0.1, 0.15) is 0 Å². The van der Waals surface area contributed by atoms with Gasteiger partial charge in [-0.25, -0.2) is 0 Å². The van der Waals surface area contributed by atoms with Crippen molar-refractivity contribution in [1.82, 2.24) is 10.2 Å². The Balaban J connectivity index is 2.61. The van der Waals surface area contributed by atoms with Crippen LogP contribution in [0.3, 0.4) is 0 Å². The summed E-state index contributed by atoms with van der Waals surface area (Å²) in [6.45, 7) is 0. The quantitative estimate of drug-likeness (QED) is 0.638. The van der Waals surface area contributed by atoms with Gasteiger partial charge in [0.15, 0.2) is 0 Å². The molecule has 0 radical (unpaired) electrons. The van der Waals surface area contributed by atoms with Gasteiger partial charge in [-0.2, -0.15) is 0 Å². The molecule has 0 fully saturated rings. The highest BCUT2D eigenvalue weighted by molar-refractivity contribution is 9.10. The minimum Gasteiger partial charge on any atom is -0.490 e. The van der Waals surface area contributed by atoms with Gasteiger partial charge in [0.05, 0.1) is 17.6 Å². The van der Waals surface area contributed by atoms with Crippen LogP contribution in [0.2, 0.25) is 0 Å². The summed E-state index contributed by atoms with van der Waals surface area (Å²) in [6, 6.07) is 4.47. The maximum atomic E-state index is 10.8. The molecule has 0 aliphatic carbocycles. The molecule has 0 aliphatic heterocycles. The van der Waals surface area contributed by atoms with E-state index in [0.717, 1.165) is 0 Å². The van der Waals surface area contributed by atoms with Crippen LogP contribution in [0.4, 0.5) is 5.69 Å². The summed E-state index contributed by atoms with van der Waals surface area (Å²) in [5, 5.41) is 18.2. The highest BCUT2D eigenvalue weighted by atomic mass is 79.9. The van der Waals surface area contributed by atoms with Gasteiger partial charge in [-0.3, -0.25) is 10.1 Å². The summed E-state index contributed by atoms with van der Waals surface area (Å²) in [7, 11) is 1.34. The number of nitro groups is 1. The lowest BCUT2D eigenvalue weighted by Crippen LogP contribution is -1.95. The van der Waals surface area contributed by atoms with Crippen LogP contribution in [0.25, 0.3) is 11.5 Å². The lowest BCUT2D eigenvalue weighted by atomic mass is 10.1. The van der Waals surface area contributed by atoms with Crippen molar-refractivity contribution in [3.8, 4) is 17.2 Å². The standard InChI is InChI=1S/C9H6BrN3O4/c1-16-7-5(8-11-12-9(10)17-8)3-2-4-6(7)13(14)15/h2-4H,1H3. The number of hydrogen-bond donors (Lipinski definition) is 0. The maximum absolute atomic E-state index is 10.8. The van der Waals surface area contributed by atoms with Crippen LogP contribution in [-0.2, 0) is 0 Å². The molecule has 0 N–H and O–H groups in total. The van der Waals surface area contributed by atoms with E-state index in [2.05, 4.69) is 26.1 Å². The molecule has 1 aromatic carbocycles. The molecule has 0 spiro atoms. The highest BCUT2D eigenvalue weighted by Crippen LogP contribution is 2.37. The number of benzene rings is 1. The van der Waals surface area contributed by atoms with Crippen LogP contribution in [0.1, 0.15) is 0 Å². The number of ether oxygens (including phenoxy) is 1. The summed E-state index contributed by atoms with van der Waals surface area (Å²) in [5.74, 6) is 0.242. The largest absolute Gasteiger partial charge is 0.490 e. The van der Waals surface area contributed by atoms with Gasteiger partial charge in [0.25, 0.3) is 10.7 Å². The van der Waals surface area contributed by atoms with Crippen molar-refractivity contribution in [1.29, 1.82) is 0 Å². The van der Waals surface area contributed by atoms with E-state index in [4.69, 9.17) is 9.15 Å². The number of nitro benzene ring substituents is 1. The van der Waals surface area contributed by atoms with E-state index < -0.39 is 4.92 Å². The maximum Gasteiger partial charge on any atom is 0.311 e. The topological polar surface area (TPSA) is 91.3 Å². The Morgan fingerprint density at radius 2 is 2.24 bits per heavy atom. The normalized spacial score (nSPS) is 10.2. The summed E-state index contributed by atoms with van der Waals surface area (Å²) in [5.41, 5.74) is 0.222. The lowest BCUT2D eigenvalue weighted by Gasteiger charge is -2.04. The number of para-hydroxylation sites is 1. The van der Waals surface area contributed by atoms with Crippen LogP contribution in [0, 0.1) is 10.1 Å². The molecule has 1 aromatic heterocycles. The molecule has 8 heteroatoms. The van der Waals surface area contributed by atoms with Crippen molar-refractivity contribution < 1.29 is 14.1 Å². The van der Waals surface area contributed by atoms with Crippen LogP contribution >= 0.6 is 15.9 Å². The van der Waals surface area contributed by atoms with Crippen LogP contribution in [0.15, 0.2) is 27.4 Å². The van der Waals surface area contributed by atoms with E-state index in [0.29, 0.717) is 5.56 Å². The van der Waals surface area contributed by atoms with Crippen LogP contribution < -0.4 is 4.74 Å². The molecule has 0 atom stereocenters. The molecular formula is C9H6BrN3O4. The van der Waals surface area contributed by atoms with Crippen molar-refractivity contribution in [3.05, 3.63) is 33.1 Å². The zero-order valence-electron chi connectivity index (χ0n) is 8.58. The first kappa shape index (κ1) is 11.5. The smallest absolute Gasteiger partial charge is 0.311 e. The zero-order valence-corrected chi connectivity index (χ0v) is 10.2. The molecule has 1 heterocycles. The van der Waals surface area contributed by atoms with Crippen molar-refractivity contribution >= 4 is 21.6 Å². The predicted octanol–water partition coefficient (Wildman–Crippen LogP) is 2.42. The van der Waals surface area contributed by atoms with Crippen molar-refractivity contribution in [2.45, 2.75) is 0 Å². The fraction of sp³-hybridized carbons (Fsp3) is 0.111.